The summed E-state index contributed by atoms with van der Waals surface area (Å²) in [4.78, 5) is 3.21. The highest BCUT2D eigenvalue weighted by Gasteiger charge is 2.04. The van der Waals surface area contributed by atoms with Crippen molar-refractivity contribution in [2.75, 3.05) is 7.11 Å². The van der Waals surface area contributed by atoms with Crippen molar-refractivity contribution in [3.63, 3.8) is 0 Å². The molecule has 3 heteroatoms. The number of methoxy groups -OCH3 is 1. The first-order valence-corrected chi connectivity index (χ1v) is 5.69. The van der Waals surface area contributed by atoms with Crippen molar-refractivity contribution < 1.29 is 9.13 Å². The fourth-order valence-corrected chi connectivity index (χ4v) is 2.03. The van der Waals surface area contributed by atoms with Gasteiger partial charge in [-0.15, -0.1) is 0 Å². The van der Waals surface area contributed by atoms with Gasteiger partial charge in [0.1, 0.15) is 11.6 Å². The fourth-order valence-electron chi connectivity index (χ4n) is 2.03. The lowest BCUT2D eigenvalue weighted by atomic mass is 10.1. The Morgan fingerprint density at radius 3 is 2.50 bits per heavy atom. The van der Waals surface area contributed by atoms with Crippen LogP contribution < -0.4 is 4.74 Å². The number of benzene rings is 2. The Morgan fingerprint density at radius 1 is 1.00 bits per heavy atom. The van der Waals surface area contributed by atoms with Crippen molar-refractivity contribution >= 4 is 10.9 Å². The minimum absolute atomic E-state index is 0.231. The van der Waals surface area contributed by atoms with E-state index in [4.69, 9.17) is 4.74 Å². The van der Waals surface area contributed by atoms with Gasteiger partial charge in [0, 0.05) is 16.6 Å². The molecule has 90 valence electrons. The van der Waals surface area contributed by atoms with E-state index in [9.17, 15) is 4.39 Å². The van der Waals surface area contributed by atoms with Crippen LogP contribution in [-0.4, -0.2) is 12.1 Å². The maximum atomic E-state index is 13.1. The smallest absolute Gasteiger partial charge is 0.125 e. The summed E-state index contributed by atoms with van der Waals surface area (Å²) in [6.07, 6.45) is 0. The third-order valence-electron chi connectivity index (χ3n) is 2.99. The van der Waals surface area contributed by atoms with Crippen molar-refractivity contribution in [2.45, 2.75) is 0 Å². The molecule has 0 radical (unpaired) electrons. The molecular formula is C15H12FNO. The first-order chi connectivity index (χ1) is 8.76. The number of fused-ring (bicyclic) bond motifs is 1. The normalized spacial score (nSPS) is 10.8. The SMILES string of the molecule is COc1ccc(-c2cc3ccc(F)cc3[nH]2)cc1. The molecule has 0 unspecified atom stereocenters. The maximum Gasteiger partial charge on any atom is 0.125 e. The molecule has 0 aliphatic carbocycles. The number of hydrogen-bond acceptors (Lipinski definition) is 1. The highest BCUT2D eigenvalue weighted by atomic mass is 19.1. The van der Waals surface area contributed by atoms with E-state index in [2.05, 4.69) is 4.98 Å². The van der Waals surface area contributed by atoms with Crippen molar-refractivity contribution in [3.05, 3.63) is 54.3 Å². The lowest BCUT2D eigenvalue weighted by Crippen LogP contribution is -1.82. The molecule has 3 aromatic rings. The van der Waals surface area contributed by atoms with Gasteiger partial charge < -0.3 is 9.72 Å². The van der Waals surface area contributed by atoms with Crippen LogP contribution in [0.2, 0.25) is 0 Å². The summed E-state index contributed by atoms with van der Waals surface area (Å²) < 4.78 is 18.2. The summed E-state index contributed by atoms with van der Waals surface area (Å²) in [7, 11) is 1.64. The summed E-state index contributed by atoms with van der Waals surface area (Å²) in [5.74, 6) is 0.589. The van der Waals surface area contributed by atoms with E-state index in [1.54, 1.807) is 13.2 Å². The van der Waals surface area contributed by atoms with E-state index >= 15 is 0 Å². The van der Waals surface area contributed by atoms with Crippen LogP contribution in [0.15, 0.2) is 48.5 Å². The molecule has 0 bridgehead atoms. The van der Waals surface area contributed by atoms with Crippen molar-refractivity contribution in [3.8, 4) is 17.0 Å². The summed E-state index contributed by atoms with van der Waals surface area (Å²) >= 11 is 0. The molecule has 0 aliphatic rings. The minimum Gasteiger partial charge on any atom is -0.497 e. The average Bonchev–Trinajstić information content (AvgIpc) is 2.81. The largest absolute Gasteiger partial charge is 0.497 e. The molecule has 1 heterocycles. The van der Waals surface area contributed by atoms with Gasteiger partial charge in [-0.25, -0.2) is 4.39 Å². The molecule has 0 saturated heterocycles. The van der Waals surface area contributed by atoms with Gasteiger partial charge in [0.25, 0.3) is 0 Å². The zero-order valence-electron chi connectivity index (χ0n) is 9.91. The number of ether oxygens (including phenoxy) is 1. The third kappa shape index (κ3) is 1.84. The Bertz CT molecular complexity index is 685. The van der Waals surface area contributed by atoms with E-state index in [1.807, 2.05) is 30.3 Å². The van der Waals surface area contributed by atoms with Gasteiger partial charge in [-0.2, -0.15) is 0 Å². The molecule has 0 atom stereocenters. The van der Waals surface area contributed by atoms with Crippen LogP contribution in [0.5, 0.6) is 5.75 Å². The van der Waals surface area contributed by atoms with Gasteiger partial charge in [0.15, 0.2) is 0 Å². The first kappa shape index (κ1) is 10.8. The number of nitrogens with one attached hydrogen (secondary N) is 1. The third-order valence-corrected chi connectivity index (χ3v) is 2.99. The molecule has 1 N–H and O–H groups in total. The Labute approximate surface area is 104 Å². The van der Waals surface area contributed by atoms with Crippen molar-refractivity contribution in [1.82, 2.24) is 4.98 Å². The lowest BCUT2D eigenvalue weighted by Gasteiger charge is -2.01. The number of rotatable bonds is 2. The van der Waals surface area contributed by atoms with Crippen LogP contribution in [0.3, 0.4) is 0 Å². The number of halogens is 1. The second-order valence-corrected chi connectivity index (χ2v) is 4.14. The molecule has 2 nitrogen and oxygen atoms in total. The average molecular weight is 241 g/mol. The number of hydrogen-bond donors (Lipinski definition) is 1. The van der Waals surface area contributed by atoms with Crippen LogP contribution in [0, 0.1) is 5.82 Å². The highest BCUT2D eigenvalue weighted by Crippen LogP contribution is 2.26. The van der Waals surface area contributed by atoms with Crippen LogP contribution in [-0.2, 0) is 0 Å². The summed E-state index contributed by atoms with van der Waals surface area (Å²) in [5.41, 5.74) is 2.83. The molecule has 0 saturated carbocycles. The Kier molecular flexibility index (Phi) is 2.52. The molecule has 0 spiro atoms. The van der Waals surface area contributed by atoms with Crippen molar-refractivity contribution in [1.29, 1.82) is 0 Å². The van der Waals surface area contributed by atoms with Gasteiger partial charge in [-0.3, -0.25) is 0 Å². The van der Waals surface area contributed by atoms with Gasteiger partial charge in [0.2, 0.25) is 0 Å². The first-order valence-electron chi connectivity index (χ1n) is 5.69. The van der Waals surface area contributed by atoms with E-state index in [-0.39, 0.29) is 5.82 Å². The summed E-state index contributed by atoms with van der Waals surface area (Å²) in [6, 6.07) is 14.5. The predicted molar refractivity (Wildman–Crippen MR) is 70.2 cm³/mol. The molecular weight excluding hydrogens is 229 g/mol. The van der Waals surface area contributed by atoms with E-state index in [1.165, 1.54) is 12.1 Å². The maximum absolute atomic E-state index is 13.1. The molecule has 0 amide bonds. The second-order valence-electron chi connectivity index (χ2n) is 4.14. The van der Waals surface area contributed by atoms with Crippen LogP contribution in [0.25, 0.3) is 22.2 Å². The monoisotopic (exact) mass is 241 g/mol. The minimum atomic E-state index is -0.231. The number of aromatic amines is 1. The van der Waals surface area contributed by atoms with Gasteiger partial charge in [0.05, 0.1) is 7.11 Å². The summed E-state index contributed by atoms with van der Waals surface area (Å²) in [6.45, 7) is 0. The Balaban J connectivity index is 2.07. The highest BCUT2D eigenvalue weighted by molar-refractivity contribution is 5.85. The lowest BCUT2D eigenvalue weighted by molar-refractivity contribution is 0.415. The quantitative estimate of drug-likeness (QED) is 0.721. The molecule has 0 fully saturated rings. The van der Waals surface area contributed by atoms with Crippen LogP contribution in [0.1, 0.15) is 0 Å². The van der Waals surface area contributed by atoms with E-state index in [0.29, 0.717) is 0 Å². The van der Waals surface area contributed by atoms with E-state index < -0.39 is 0 Å². The Morgan fingerprint density at radius 2 is 1.78 bits per heavy atom. The van der Waals surface area contributed by atoms with Crippen molar-refractivity contribution in [2.24, 2.45) is 0 Å². The zero-order valence-corrected chi connectivity index (χ0v) is 9.91. The molecule has 1 aromatic heterocycles. The zero-order chi connectivity index (χ0) is 12.5. The molecule has 18 heavy (non-hydrogen) atoms. The number of H-pyrrole nitrogens is 1. The Hall–Kier alpha value is -2.29. The predicted octanol–water partition coefficient (Wildman–Crippen LogP) is 3.98. The fraction of sp³-hybridized carbons (Fsp3) is 0.0667. The van der Waals surface area contributed by atoms with Crippen LogP contribution >= 0.6 is 0 Å². The molecule has 3 rings (SSSR count). The second kappa shape index (κ2) is 4.18. The molecule has 2 aromatic carbocycles. The summed E-state index contributed by atoms with van der Waals surface area (Å²) in [5, 5.41) is 1.00. The molecule has 0 aliphatic heterocycles. The van der Waals surface area contributed by atoms with Gasteiger partial charge >= 0.3 is 0 Å². The van der Waals surface area contributed by atoms with Crippen LogP contribution in [0.4, 0.5) is 4.39 Å². The van der Waals surface area contributed by atoms with Gasteiger partial charge in [-0.05, 0) is 54.1 Å². The van der Waals surface area contributed by atoms with Gasteiger partial charge in [-0.1, -0.05) is 0 Å². The topological polar surface area (TPSA) is 25.0 Å². The standard InChI is InChI=1S/C15H12FNO/c1-18-13-6-3-10(4-7-13)14-8-11-2-5-12(16)9-15(11)17-14/h2-9,17H,1H3. The number of aromatic nitrogens is 1. The van der Waals surface area contributed by atoms with E-state index in [0.717, 1.165) is 27.9 Å².